The van der Waals surface area contributed by atoms with Gasteiger partial charge in [-0.1, -0.05) is 84.9 Å². The fraction of sp³-hybridized carbons (Fsp3) is 0.392. The minimum absolute atomic E-state index is 0.0111. The molecule has 2 aliphatic heterocycles. The Morgan fingerprint density at radius 1 is 0.892 bits per heavy atom. The summed E-state index contributed by atoms with van der Waals surface area (Å²) in [5, 5.41) is 15.4. The van der Waals surface area contributed by atoms with Gasteiger partial charge in [0.2, 0.25) is 29.5 Å². The largest absolute Gasteiger partial charge is 0.497 e. The van der Waals surface area contributed by atoms with E-state index in [1.54, 1.807) is 12.0 Å². The Morgan fingerprint density at radius 2 is 1.66 bits per heavy atom. The quantitative estimate of drug-likeness (QED) is 0.116. The number of piperidine rings is 1. The lowest BCUT2D eigenvalue weighted by atomic mass is 9.74. The van der Waals surface area contributed by atoms with E-state index in [2.05, 4.69) is 63.8 Å². The van der Waals surface area contributed by atoms with Crippen LogP contribution in [0.15, 0.2) is 109 Å². The first-order valence-corrected chi connectivity index (χ1v) is 22.5. The molecule has 4 aromatic rings. The number of hydrogen-bond donors (Lipinski definition) is 6. The normalized spacial score (nSPS) is 20.8. The minimum Gasteiger partial charge on any atom is -0.497 e. The zero-order valence-electron chi connectivity index (χ0n) is 37.5. The van der Waals surface area contributed by atoms with Gasteiger partial charge in [-0.3, -0.25) is 24.0 Å². The molecule has 0 aliphatic carbocycles. The van der Waals surface area contributed by atoms with Crippen LogP contribution in [0.25, 0.3) is 11.1 Å². The molecule has 14 nitrogen and oxygen atoms in total. The van der Waals surface area contributed by atoms with Gasteiger partial charge in [0, 0.05) is 64.0 Å². The van der Waals surface area contributed by atoms with Crippen LogP contribution in [0.4, 0.5) is 0 Å². The smallest absolute Gasteiger partial charge is 0.246 e. The van der Waals surface area contributed by atoms with Crippen molar-refractivity contribution < 1.29 is 33.4 Å². The van der Waals surface area contributed by atoms with Crippen molar-refractivity contribution in [3.05, 3.63) is 137 Å². The van der Waals surface area contributed by atoms with Crippen molar-refractivity contribution in [2.75, 3.05) is 59.6 Å². The lowest BCUT2D eigenvalue weighted by molar-refractivity contribution is -0.140. The Labute approximate surface area is 382 Å². The number of hydrogen-bond acceptors (Lipinski definition) is 9. The van der Waals surface area contributed by atoms with E-state index in [4.69, 9.17) is 15.2 Å². The first-order valence-electron chi connectivity index (χ1n) is 22.5. The average Bonchev–Trinajstić information content (AvgIpc) is 3.31. The summed E-state index contributed by atoms with van der Waals surface area (Å²) in [6.07, 6.45) is 4.64. The monoisotopic (exact) mass is 885 g/mol. The van der Waals surface area contributed by atoms with Crippen LogP contribution in [0.3, 0.4) is 0 Å². The van der Waals surface area contributed by atoms with E-state index < -0.39 is 23.3 Å². The maximum atomic E-state index is 14.9. The van der Waals surface area contributed by atoms with Gasteiger partial charge < -0.3 is 46.7 Å². The number of nitrogens with two attached hydrogens (primary N) is 1. The molecule has 0 aromatic heterocycles. The van der Waals surface area contributed by atoms with Crippen LogP contribution in [0, 0.1) is 12.3 Å². The molecule has 7 N–H and O–H groups in total. The molecule has 0 unspecified atom stereocenters. The molecule has 14 heteroatoms. The average molecular weight is 886 g/mol. The number of nitrogens with zero attached hydrogens (tertiary/aromatic N) is 1. The van der Waals surface area contributed by atoms with Crippen molar-refractivity contribution >= 4 is 29.5 Å². The van der Waals surface area contributed by atoms with E-state index in [9.17, 15) is 24.0 Å². The molecule has 65 heavy (non-hydrogen) atoms. The molecular weight excluding hydrogens is 823 g/mol. The van der Waals surface area contributed by atoms with Crippen molar-refractivity contribution in [3.63, 3.8) is 0 Å². The third-order valence-electron chi connectivity index (χ3n) is 12.0. The minimum atomic E-state index is -0.948. The summed E-state index contributed by atoms with van der Waals surface area (Å²) in [6.45, 7) is 4.73. The summed E-state index contributed by atoms with van der Waals surface area (Å²) in [6, 6.07) is 30.6. The molecule has 0 radical (unpaired) electrons. The number of carbonyl (C=O) groups is 5. The zero-order valence-corrected chi connectivity index (χ0v) is 37.5. The third kappa shape index (κ3) is 14.1. The van der Waals surface area contributed by atoms with E-state index in [0.29, 0.717) is 58.5 Å². The van der Waals surface area contributed by atoms with Crippen LogP contribution in [-0.2, 0) is 54.5 Å². The van der Waals surface area contributed by atoms with Gasteiger partial charge in [-0.15, -0.1) is 0 Å². The molecule has 4 aromatic carbocycles. The number of aryl methyl sites for hydroxylation is 1. The van der Waals surface area contributed by atoms with Crippen LogP contribution in [0.2, 0.25) is 0 Å². The Kier molecular flexibility index (Phi) is 17.8. The number of carbonyl (C=O) groups excluding carboxylic acids is 5. The van der Waals surface area contributed by atoms with Gasteiger partial charge in [-0.2, -0.15) is 0 Å². The summed E-state index contributed by atoms with van der Waals surface area (Å²) in [5.74, 6) is -1.02. The van der Waals surface area contributed by atoms with Crippen molar-refractivity contribution in [3.8, 4) is 16.9 Å². The van der Waals surface area contributed by atoms with Crippen LogP contribution in [0.5, 0.6) is 5.75 Å². The molecule has 2 bridgehead atoms. The van der Waals surface area contributed by atoms with Crippen LogP contribution < -0.4 is 37.1 Å². The highest BCUT2D eigenvalue weighted by molar-refractivity contribution is 5.97. The number of fused-ring (bicyclic) bond motifs is 3. The fourth-order valence-corrected chi connectivity index (χ4v) is 8.60. The van der Waals surface area contributed by atoms with Crippen molar-refractivity contribution in [1.82, 2.24) is 31.5 Å². The van der Waals surface area contributed by atoms with Gasteiger partial charge >= 0.3 is 0 Å². The predicted molar refractivity (Wildman–Crippen MR) is 251 cm³/mol. The number of amides is 5. The Bertz CT molecular complexity index is 2270. The first kappa shape index (κ1) is 48.1. The van der Waals surface area contributed by atoms with E-state index in [1.165, 1.54) is 12.2 Å². The summed E-state index contributed by atoms with van der Waals surface area (Å²) in [5.41, 5.74) is 11.5. The summed E-state index contributed by atoms with van der Waals surface area (Å²) < 4.78 is 10.8. The summed E-state index contributed by atoms with van der Waals surface area (Å²) >= 11 is 0. The third-order valence-corrected chi connectivity index (χ3v) is 12.0. The van der Waals surface area contributed by atoms with Crippen molar-refractivity contribution in [2.45, 2.75) is 64.1 Å². The second-order valence-electron chi connectivity index (χ2n) is 16.9. The molecule has 344 valence electrons. The Balaban J connectivity index is 1.28. The van der Waals surface area contributed by atoms with Gasteiger partial charge in [0.05, 0.1) is 32.2 Å². The van der Waals surface area contributed by atoms with Gasteiger partial charge in [0.1, 0.15) is 11.8 Å². The van der Waals surface area contributed by atoms with E-state index in [0.717, 1.165) is 44.7 Å². The van der Waals surface area contributed by atoms with Gasteiger partial charge in [-0.25, -0.2) is 0 Å². The predicted octanol–water partition coefficient (Wildman–Crippen LogP) is 3.53. The van der Waals surface area contributed by atoms with Gasteiger partial charge in [-0.05, 0) is 90.1 Å². The Morgan fingerprint density at radius 3 is 2.42 bits per heavy atom. The Hall–Kier alpha value is -6.35. The number of nitrogens with one attached hydrogen (secondary N) is 5. The molecule has 2 aliphatic rings. The van der Waals surface area contributed by atoms with E-state index >= 15 is 0 Å². The SMILES string of the molecule is COc1ccc(-c2ccc(C[C@H]3CNCc4ccccc4CC(=O)N[C@H](C(=O)NCCOCCN)CCNC(=O)/C=C/C(=O)N4CCC[C@](Cc5ccccc5)(C4)C(=O)N3)cc2)c(C)c1. The summed E-state index contributed by atoms with van der Waals surface area (Å²) in [4.78, 5) is 70.3. The molecule has 0 saturated carbocycles. The fourth-order valence-electron chi connectivity index (χ4n) is 8.60. The maximum Gasteiger partial charge on any atom is 0.246 e. The van der Waals surface area contributed by atoms with E-state index in [-0.39, 0.29) is 62.8 Å². The number of rotatable bonds is 12. The van der Waals surface area contributed by atoms with Crippen LogP contribution in [-0.4, -0.2) is 106 Å². The zero-order chi connectivity index (χ0) is 46.0. The molecule has 0 spiro atoms. The standard InChI is InChI=1S/C51H63N7O7/c1-36-29-43(64-2)17-18-44(36)39-15-13-37(14-16-39)30-42-34-53-33-41-12-7-6-11-40(41)31-47(60)57-45(49(62)55-25-28-65-27-23-52)21-24-54-46(59)19-20-48(61)58-26-8-22-51(35-58,50(63)56-42)32-38-9-4-3-5-10-38/h3-7,9-20,29,42,45,53H,8,21-28,30-35,52H2,1-2H3,(H,54,59)(H,55,62)(H,56,63)(H,57,60)/b20-19+/t42-,45-,51-/m0/s1. The summed E-state index contributed by atoms with van der Waals surface area (Å²) in [7, 11) is 1.66. The maximum absolute atomic E-state index is 14.9. The molecule has 1 saturated heterocycles. The van der Waals surface area contributed by atoms with Crippen LogP contribution in [0.1, 0.15) is 47.1 Å². The second-order valence-corrected chi connectivity index (χ2v) is 16.9. The molecule has 3 atom stereocenters. The topological polar surface area (TPSA) is 193 Å². The molecular formula is C51H63N7O7. The highest BCUT2D eigenvalue weighted by Gasteiger charge is 2.44. The van der Waals surface area contributed by atoms with Crippen molar-refractivity contribution in [2.24, 2.45) is 11.1 Å². The van der Waals surface area contributed by atoms with E-state index in [1.807, 2.05) is 66.7 Å². The second kappa shape index (κ2) is 24.1. The first-order chi connectivity index (χ1) is 31.6. The molecule has 2 heterocycles. The van der Waals surface area contributed by atoms with Gasteiger partial charge in [0.25, 0.3) is 0 Å². The number of methoxy groups -OCH3 is 1. The van der Waals surface area contributed by atoms with Crippen molar-refractivity contribution in [1.29, 1.82) is 0 Å². The molecule has 5 amide bonds. The molecule has 6 rings (SSSR count). The van der Waals surface area contributed by atoms with Gasteiger partial charge in [0.15, 0.2) is 0 Å². The lowest BCUT2D eigenvalue weighted by Gasteiger charge is -2.42. The highest BCUT2D eigenvalue weighted by atomic mass is 16.5. The number of benzene rings is 4. The van der Waals surface area contributed by atoms with Crippen LogP contribution >= 0.6 is 0 Å². The highest BCUT2D eigenvalue weighted by Crippen LogP contribution is 2.35. The number of ether oxygens (including phenoxy) is 2. The molecule has 1 fully saturated rings. The lowest BCUT2D eigenvalue weighted by Crippen LogP contribution is -2.57.